The van der Waals surface area contributed by atoms with Crippen molar-refractivity contribution in [3.8, 4) is 17.2 Å². The van der Waals surface area contributed by atoms with E-state index in [1.165, 1.54) is 27.4 Å². The number of ketones is 1. The molecular formula is C26H33NO8S. The van der Waals surface area contributed by atoms with E-state index in [-0.39, 0.29) is 42.2 Å². The van der Waals surface area contributed by atoms with Crippen LogP contribution in [0.1, 0.15) is 40.9 Å². The molecule has 2 aromatic rings. The highest BCUT2D eigenvalue weighted by molar-refractivity contribution is 7.88. The van der Waals surface area contributed by atoms with Gasteiger partial charge in [-0.05, 0) is 37.5 Å². The first-order valence-electron chi connectivity index (χ1n) is 11.0. The quantitative estimate of drug-likeness (QED) is 0.173. The van der Waals surface area contributed by atoms with Crippen LogP contribution in [0.2, 0.25) is 0 Å². The summed E-state index contributed by atoms with van der Waals surface area (Å²) < 4.78 is 49.9. The average Bonchev–Trinajstić information content (AvgIpc) is 2.82. The summed E-state index contributed by atoms with van der Waals surface area (Å²) in [5.74, 6) is 0.398. The molecule has 0 radical (unpaired) electrons. The van der Waals surface area contributed by atoms with E-state index in [1.54, 1.807) is 36.4 Å². The zero-order chi connectivity index (χ0) is 26.7. The van der Waals surface area contributed by atoms with Gasteiger partial charge in [-0.15, -0.1) is 0 Å². The van der Waals surface area contributed by atoms with Crippen molar-refractivity contribution in [1.82, 2.24) is 0 Å². The Hall–Kier alpha value is -3.18. The largest absolute Gasteiger partial charge is 0.496 e. The Morgan fingerprint density at radius 2 is 1.61 bits per heavy atom. The van der Waals surface area contributed by atoms with Gasteiger partial charge in [0.1, 0.15) is 22.8 Å². The van der Waals surface area contributed by atoms with Crippen molar-refractivity contribution in [3.63, 3.8) is 0 Å². The maximum Gasteiger partial charge on any atom is 0.213 e. The molecule has 2 aromatic carbocycles. The molecule has 196 valence electrons. The van der Waals surface area contributed by atoms with E-state index in [4.69, 9.17) is 28.8 Å². The van der Waals surface area contributed by atoms with Crippen LogP contribution in [0.3, 0.4) is 0 Å². The number of rotatable bonds is 14. The van der Waals surface area contributed by atoms with Crippen molar-refractivity contribution < 1.29 is 36.9 Å². The number of allylic oxidation sites excluding steroid dienone is 3. The van der Waals surface area contributed by atoms with Gasteiger partial charge in [0.05, 0.1) is 12.9 Å². The van der Waals surface area contributed by atoms with E-state index in [1.807, 2.05) is 19.9 Å². The first-order valence-corrected chi connectivity index (χ1v) is 12.7. The van der Waals surface area contributed by atoms with E-state index in [0.29, 0.717) is 28.9 Å². The Kier molecular flexibility index (Phi) is 11.1. The molecular weight excluding hydrogens is 486 g/mol. The summed E-state index contributed by atoms with van der Waals surface area (Å²) in [6.45, 7) is 3.85. The van der Waals surface area contributed by atoms with Crippen LogP contribution in [0.25, 0.3) is 6.08 Å². The van der Waals surface area contributed by atoms with Crippen LogP contribution in [-0.2, 0) is 31.7 Å². The maximum atomic E-state index is 13.4. The molecule has 0 aliphatic rings. The second-order valence-electron chi connectivity index (χ2n) is 8.09. The number of ether oxygens (including phenoxy) is 5. The summed E-state index contributed by atoms with van der Waals surface area (Å²) in [6, 6.07) is 8.32. The molecule has 0 amide bonds. The van der Waals surface area contributed by atoms with E-state index in [0.717, 1.165) is 5.57 Å². The lowest BCUT2D eigenvalue weighted by Crippen LogP contribution is -2.14. The third-order valence-electron chi connectivity index (χ3n) is 4.92. The SMILES string of the molecule is COCOc1cc(OC)c(C(=O)C=Cc2ccc(CS(N)(=O)=O)cc2)c(OCOC)c1CC=C(C)C. The number of nitrogens with two attached hydrogens (primary N) is 1. The van der Waals surface area contributed by atoms with Gasteiger partial charge in [-0.25, -0.2) is 13.6 Å². The van der Waals surface area contributed by atoms with E-state index in [2.05, 4.69) is 0 Å². The number of methoxy groups -OCH3 is 3. The van der Waals surface area contributed by atoms with Crippen LogP contribution in [-0.4, -0.2) is 49.1 Å². The van der Waals surface area contributed by atoms with Crippen molar-refractivity contribution in [3.05, 3.63) is 70.3 Å². The van der Waals surface area contributed by atoms with Crippen LogP contribution in [0.15, 0.2) is 48.1 Å². The fraction of sp³-hybridized carbons (Fsp3) is 0.346. The lowest BCUT2D eigenvalue weighted by atomic mass is 9.98. The third kappa shape index (κ3) is 8.80. The highest BCUT2D eigenvalue weighted by Gasteiger charge is 2.25. The molecule has 0 aliphatic carbocycles. The van der Waals surface area contributed by atoms with Crippen LogP contribution >= 0.6 is 0 Å². The normalized spacial score (nSPS) is 11.4. The van der Waals surface area contributed by atoms with E-state index >= 15 is 0 Å². The topological polar surface area (TPSA) is 123 Å². The fourth-order valence-corrected chi connectivity index (χ4v) is 3.94. The molecule has 2 N–H and O–H groups in total. The van der Waals surface area contributed by atoms with Gasteiger partial charge < -0.3 is 23.7 Å². The average molecular weight is 520 g/mol. The van der Waals surface area contributed by atoms with E-state index in [9.17, 15) is 13.2 Å². The Balaban J connectivity index is 2.52. The van der Waals surface area contributed by atoms with Gasteiger partial charge in [-0.1, -0.05) is 42.0 Å². The zero-order valence-electron chi connectivity index (χ0n) is 21.2. The molecule has 0 fully saturated rings. The molecule has 0 spiro atoms. The second kappa shape index (κ2) is 13.8. The summed E-state index contributed by atoms with van der Waals surface area (Å²) >= 11 is 0. The molecule has 0 saturated carbocycles. The Morgan fingerprint density at radius 3 is 2.17 bits per heavy atom. The highest BCUT2D eigenvalue weighted by atomic mass is 32.2. The van der Waals surface area contributed by atoms with Crippen LogP contribution in [0.5, 0.6) is 17.2 Å². The predicted molar refractivity (Wildman–Crippen MR) is 138 cm³/mol. The fourth-order valence-electron chi connectivity index (χ4n) is 3.29. The van der Waals surface area contributed by atoms with Gasteiger partial charge >= 0.3 is 0 Å². The minimum Gasteiger partial charge on any atom is -0.496 e. The molecule has 9 nitrogen and oxygen atoms in total. The molecule has 0 heterocycles. The first-order chi connectivity index (χ1) is 17.1. The van der Waals surface area contributed by atoms with Gasteiger partial charge in [-0.3, -0.25) is 4.79 Å². The van der Waals surface area contributed by atoms with Gasteiger partial charge in [0.25, 0.3) is 0 Å². The molecule has 0 aromatic heterocycles. The van der Waals surface area contributed by atoms with Gasteiger partial charge in [0.15, 0.2) is 19.4 Å². The molecule has 0 unspecified atom stereocenters. The molecule has 36 heavy (non-hydrogen) atoms. The minimum atomic E-state index is -3.63. The number of hydrogen-bond donors (Lipinski definition) is 1. The van der Waals surface area contributed by atoms with Crippen molar-refractivity contribution in [2.45, 2.75) is 26.0 Å². The van der Waals surface area contributed by atoms with Gasteiger partial charge in [0.2, 0.25) is 10.0 Å². The zero-order valence-corrected chi connectivity index (χ0v) is 22.0. The highest BCUT2D eigenvalue weighted by Crippen LogP contribution is 2.41. The number of sulfonamides is 1. The molecule has 0 bridgehead atoms. The van der Waals surface area contributed by atoms with Crippen LogP contribution in [0, 0.1) is 0 Å². The summed E-state index contributed by atoms with van der Waals surface area (Å²) in [5.41, 5.74) is 3.20. The number of carbonyl (C=O) groups is 1. The Bertz CT molecular complexity index is 1200. The summed E-state index contributed by atoms with van der Waals surface area (Å²) in [6.07, 6.45) is 5.45. The van der Waals surface area contributed by atoms with Crippen LogP contribution in [0.4, 0.5) is 0 Å². The van der Waals surface area contributed by atoms with Crippen LogP contribution < -0.4 is 19.3 Å². The Morgan fingerprint density at radius 1 is 0.972 bits per heavy atom. The Labute approximate surface area is 212 Å². The molecule has 0 atom stereocenters. The lowest BCUT2D eigenvalue weighted by molar-refractivity contribution is 0.0441. The number of carbonyl (C=O) groups excluding carboxylic acids is 1. The number of benzene rings is 2. The third-order valence-corrected chi connectivity index (χ3v) is 5.65. The molecule has 0 aliphatic heterocycles. The number of hydrogen-bond acceptors (Lipinski definition) is 8. The number of primary sulfonamides is 1. The minimum absolute atomic E-state index is 0.00332. The van der Waals surface area contributed by atoms with Crippen molar-refractivity contribution in [1.29, 1.82) is 0 Å². The monoisotopic (exact) mass is 519 g/mol. The van der Waals surface area contributed by atoms with Gasteiger partial charge in [0, 0.05) is 25.8 Å². The maximum absolute atomic E-state index is 13.4. The second-order valence-corrected chi connectivity index (χ2v) is 9.71. The molecule has 10 heteroatoms. The smallest absolute Gasteiger partial charge is 0.213 e. The lowest BCUT2D eigenvalue weighted by Gasteiger charge is -2.20. The summed E-state index contributed by atoms with van der Waals surface area (Å²) in [5, 5.41) is 5.09. The first kappa shape index (κ1) is 29.1. The van der Waals surface area contributed by atoms with Crippen molar-refractivity contribution >= 4 is 21.9 Å². The van der Waals surface area contributed by atoms with E-state index < -0.39 is 10.0 Å². The molecule has 2 rings (SSSR count). The summed E-state index contributed by atoms with van der Waals surface area (Å²) in [7, 11) is 0.825. The molecule has 0 saturated heterocycles. The van der Waals surface area contributed by atoms with Crippen molar-refractivity contribution in [2.24, 2.45) is 5.14 Å². The van der Waals surface area contributed by atoms with Gasteiger partial charge in [-0.2, -0.15) is 0 Å². The summed E-state index contributed by atoms with van der Waals surface area (Å²) in [4.78, 5) is 13.4. The standard InChI is InChI=1S/C26H33NO8S/c1-18(2)6-12-21-23(34-16-31-3)14-24(33-5)25(26(21)35-17-32-4)22(28)13-11-19-7-9-20(10-8-19)15-36(27,29)30/h6-11,13-14H,12,15-17H2,1-5H3,(H2,27,29,30). The van der Waals surface area contributed by atoms with Crippen molar-refractivity contribution in [2.75, 3.05) is 34.9 Å². The predicted octanol–water partition coefficient (Wildman–Crippen LogP) is 3.85.